The summed E-state index contributed by atoms with van der Waals surface area (Å²) < 4.78 is 3.31. The highest BCUT2D eigenvalue weighted by Gasteiger charge is 2.17. The van der Waals surface area contributed by atoms with Crippen LogP contribution in [0.15, 0.2) is 75.4 Å². The van der Waals surface area contributed by atoms with Crippen LogP contribution in [0.3, 0.4) is 0 Å². The Morgan fingerprint density at radius 3 is 2.31 bits per heavy atom. The summed E-state index contributed by atoms with van der Waals surface area (Å²) in [6.07, 6.45) is 1.99. The quantitative estimate of drug-likeness (QED) is 0.378. The highest BCUT2D eigenvalue weighted by Crippen LogP contribution is 2.24. The zero-order valence-corrected chi connectivity index (χ0v) is 17.0. The maximum Gasteiger partial charge on any atom is 0.329 e. The molecule has 29 heavy (non-hydrogen) atoms. The number of nitrogens with one attached hydrogen (secondary N) is 1. The number of rotatable bonds is 7. The minimum Gasteiger partial charge on any atom is -0.309 e. The van der Waals surface area contributed by atoms with Gasteiger partial charge < -0.3 is 4.57 Å². The molecule has 0 atom stereocenters. The highest BCUT2D eigenvalue weighted by atomic mass is 32.2. The molecule has 0 aliphatic carbocycles. The summed E-state index contributed by atoms with van der Waals surface area (Å²) in [5, 5.41) is 0.753. The van der Waals surface area contributed by atoms with Crippen molar-refractivity contribution in [3.63, 3.8) is 0 Å². The van der Waals surface area contributed by atoms with Crippen molar-refractivity contribution in [3.8, 4) is 0 Å². The number of aromatic amines is 1. The van der Waals surface area contributed by atoms with E-state index in [-0.39, 0.29) is 0 Å². The molecular weight excluding hydrogens is 384 g/mol. The number of hydrogen-bond donors (Lipinski definition) is 1. The van der Waals surface area contributed by atoms with Gasteiger partial charge in [0.15, 0.2) is 16.3 Å². The lowest BCUT2D eigenvalue weighted by atomic mass is 10.1. The second kappa shape index (κ2) is 8.53. The Labute approximate surface area is 172 Å². The molecule has 2 aromatic heterocycles. The number of nitrogens with zero attached hydrogens (tertiary/aromatic N) is 3. The van der Waals surface area contributed by atoms with E-state index in [9.17, 15) is 9.59 Å². The van der Waals surface area contributed by atoms with Crippen LogP contribution in [0, 0.1) is 0 Å². The van der Waals surface area contributed by atoms with E-state index in [1.807, 2.05) is 41.0 Å². The summed E-state index contributed by atoms with van der Waals surface area (Å²) in [6, 6.07) is 20.3. The summed E-state index contributed by atoms with van der Waals surface area (Å²) in [5.41, 5.74) is 2.38. The van der Waals surface area contributed by atoms with Gasteiger partial charge in [-0.15, -0.1) is 0 Å². The molecule has 0 amide bonds. The van der Waals surface area contributed by atoms with Gasteiger partial charge in [-0.25, -0.2) is 9.78 Å². The molecule has 0 bridgehead atoms. The van der Waals surface area contributed by atoms with E-state index in [0.29, 0.717) is 17.7 Å². The molecule has 0 aliphatic heterocycles. The number of hydrogen-bond acceptors (Lipinski definition) is 4. The first-order chi connectivity index (χ1) is 14.1. The van der Waals surface area contributed by atoms with Crippen LogP contribution < -0.4 is 11.2 Å². The van der Waals surface area contributed by atoms with Gasteiger partial charge in [0.1, 0.15) is 0 Å². The summed E-state index contributed by atoms with van der Waals surface area (Å²) in [5.74, 6) is 0.874. The molecule has 1 N–H and O–H groups in total. The van der Waals surface area contributed by atoms with Gasteiger partial charge in [0.2, 0.25) is 0 Å². The normalized spacial score (nSPS) is 11.2. The predicted molar refractivity (Wildman–Crippen MR) is 117 cm³/mol. The molecule has 0 spiro atoms. The number of imidazole rings is 1. The smallest absolute Gasteiger partial charge is 0.309 e. The summed E-state index contributed by atoms with van der Waals surface area (Å²) in [4.78, 5) is 31.6. The Kier molecular flexibility index (Phi) is 5.67. The van der Waals surface area contributed by atoms with Gasteiger partial charge in [0.05, 0.1) is 6.54 Å². The topological polar surface area (TPSA) is 72.7 Å². The minimum absolute atomic E-state index is 0.400. The van der Waals surface area contributed by atoms with Crippen molar-refractivity contribution in [2.75, 3.05) is 5.75 Å². The Balaban J connectivity index is 1.63. The van der Waals surface area contributed by atoms with Crippen LogP contribution in [0.5, 0.6) is 0 Å². The zero-order valence-electron chi connectivity index (χ0n) is 16.2. The van der Waals surface area contributed by atoms with Crippen molar-refractivity contribution in [1.29, 1.82) is 0 Å². The largest absolute Gasteiger partial charge is 0.329 e. The van der Waals surface area contributed by atoms with E-state index in [4.69, 9.17) is 0 Å². The molecular formula is C22H22N4O2S. The van der Waals surface area contributed by atoms with Crippen molar-refractivity contribution < 1.29 is 0 Å². The maximum absolute atomic E-state index is 12.6. The van der Waals surface area contributed by atoms with Crippen molar-refractivity contribution in [2.24, 2.45) is 7.05 Å². The molecule has 148 valence electrons. The van der Waals surface area contributed by atoms with Crippen molar-refractivity contribution in [2.45, 2.75) is 24.5 Å². The van der Waals surface area contributed by atoms with E-state index >= 15 is 0 Å². The fourth-order valence-corrected chi connectivity index (χ4v) is 4.26. The number of fused-ring (bicyclic) bond motifs is 1. The fraction of sp³-hybridized carbons (Fsp3) is 0.227. The van der Waals surface area contributed by atoms with Crippen molar-refractivity contribution >= 4 is 22.9 Å². The van der Waals surface area contributed by atoms with Gasteiger partial charge in [0.25, 0.3) is 5.56 Å². The van der Waals surface area contributed by atoms with E-state index in [2.05, 4.69) is 34.2 Å². The third-order valence-electron chi connectivity index (χ3n) is 4.84. The van der Waals surface area contributed by atoms with E-state index < -0.39 is 11.2 Å². The number of aromatic nitrogens is 4. The van der Waals surface area contributed by atoms with Gasteiger partial charge in [-0.1, -0.05) is 72.4 Å². The van der Waals surface area contributed by atoms with Crippen LogP contribution in [-0.2, 0) is 20.0 Å². The highest BCUT2D eigenvalue weighted by molar-refractivity contribution is 7.99. The van der Waals surface area contributed by atoms with E-state index in [1.54, 1.807) is 18.8 Å². The molecule has 0 aliphatic rings. The number of benzene rings is 2. The van der Waals surface area contributed by atoms with Crippen LogP contribution in [0.2, 0.25) is 0 Å². The Morgan fingerprint density at radius 2 is 1.62 bits per heavy atom. The first-order valence-corrected chi connectivity index (χ1v) is 10.5. The number of H-pyrrole nitrogens is 1. The molecule has 6 nitrogen and oxygen atoms in total. The van der Waals surface area contributed by atoms with Crippen molar-refractivity contribution in [1.82, 2.24) is 19.1 Å². The molecule has 4 rings (SSSR count). The molecule has 0 radical (unpaired) electrons. The molecule has 0 saturated carbocycles. The van der Waals surface area contributed by atoms with Crippen molar-refractivity contribution in [3.05, 3.63) is 92.6 Å². The van der Waals surface area contributed by atoms with Gasteiger partial charge in [-0.3, -0.25) is 14.3 Å². The van der Waals surface area contributed by atoms with Gasteiger partial charge in [0, 0.05) is 12.8 Å². The fourth-order valence-electron chi connectivity index (χ4n) is 3.32. The number of aryl methyl sites for hydroxylation is 2. The molecule has 7 heteroatoms. The average Bonchev–Trinajstić information content (AvgIpc) is 3.10. The minimum atomic E-state index is -0.451. The van der Waals surface area contributed by atoms with Gasteiger partial charge >= 0.3 is 5.69 Å². The molecule has 2 aromatic carbocycles. The second-order valence-electron chi connectivity index (χ2n) is 6.89. The molecule has 2 heterocycles. The third kappa shape index (κ3) is 4.19. The molecule has 4 aromatic rings. The monoisotopic (exact) mass is 406 g/mol. The van der Waals surface area contributed by atoms with E-state index in [1.165, 1.54) is 10.1 Å². The van der Waals surface area contributed by atoms with Crippen LogP contribution in [0.25, 0.3) is 11.2 Å². The van der Waals surface area contributed by atoms with E-state index in [0.717, 1.165) is 29.3 Å². The predicted octanol–water partition coefficient (Wildman–Crippen LogP) is 3.20. The molecule has 0 saturated heterocycles. The standard InChI is InChI=1S/C22H22N4O2S/c1-25-19-18(20(27)24-21(25)28)26(15-17-11-6-3-7-12-17)22(23-19)29-14-8-13-16-9-4-2-5-10-16/h2-7,9-12H,8,13-15H2,1H3,(H,24,27,28). The Morgan fingerprint density at radius 1 is 0.966 bits per heavy atom. The number of thioether (sulfide) groups is 1. The maximum atomic E-state index is 12.6. The van der Waals surface area contributed by atoms with Gasteiger partial charge in [-0.05, 0) is 24.0 Å². The SMILES string of the molecule is Cn1c(=O)[nH]c(=O)c2c1nc(SCCCc1ccccc1)n2Cc1ccccc1. The van der Waals surface area contributed by atoms with Crippen LogP contribution in [-0.4, -0.2) is 24.9 Å². The van der Waals surface area contributed by atoms with Crippen LogP contribution in [0.1, 0.15) is 17.5 Å². The average molecular weight is 407 g/mol. The second-order valence-corrected chi connectivity index (χ2v) is 7.96. The van der Waals surface area contributed by atoms with Crippen LogP contribution in [0.4, 0.5) is 0 Å². The van der Waals surface area contributed by atoms with Gasteiger partial charge in [-0.2, -0.15) is 0 Å². The zero-order chi connectivity index (χ0) is 20.2. The summed E-state index contributed by atoms with van der Waals surface area (Å²) in [7, 11) is 1.63. The Bertz CT molecular complexity index is 1230. The first kappa shape index (κ1) is 19.3. The summed E-state index contributed by atoms with van der Waals surface area (Å²) in [6.45, 7) is 0.527. The lowest BCUT2D eigenvalue weighted by molar-refractivity contribution is 0.727. The summed E-state index contributed by atoms with van der Waals surface area (Å²) >= 11 is 1.62. The molecule has 0 fully saturated rings. The van der Waals surface area contributed by atoms with Crippen LogP contribution >= 0.6 is 11.8 Å². The lowest BCUT2D eigenvalue weighted by Crippen LogP contribution is -2.29. The third-order valence-corrected chi connectivity index (χ3v) is 5.90. The first-order valence-electron chi connectivity index (χ1n) is 9.53. The molecule has 0 unspecified atom stereocenters. The lowest BCUT2D eigenvalue weighted by Gasteiger charge is -2.09. The Hall–Kier alpha value is -3.06.